The van der Waals surface area contributed by atoms with Crippen LogP contribution in [0.25, 0.3) is 11.3 Å². The Morgan fingerprint density at radius 3 is 2.52 bits per heavy atom. The van der Waals surface area contributed by atoms with Gasteiger partial charge in [0, 0.05) is 60.8 Å². The second kappa shape index (κ2) is 10.1. The number of aryl methyl sites for hydroxylation is 1. The predicted molar refractivity (Wildman–Crippen MR) is 119 cm³/mol. The maximum Gasteiger partial charge on any atom is 0.389 e. The number of nitrogens with zero attached hydrogens (tertiary/aromatic N) is 3. The number of carbonyl (C=O) groups excluding carboxylic acids is 1. The van der Waals surface area contributed by atoms with Crippen LogP contribution in [0, 0.1) is 12.1 Å². The minimum absolute atomic E-state index is 0.000862. The molecule has 0 aliphatic heterocycles. The lowest BCUT2D eigenvalue weighted by Crippen LogP contribution is -2.26. The fourth-order valence-electron chi connectivity index (χ4n) is 3.24. The van der Waals surface area contributed by atoms with E-state index in [0.29, 0.717) is 27.4 Å². The predicted octanol–water partition coefficient (Wildman–Crippen LogP) is 4.80. The standard InChI is InChI=1S/C24H21ClF3N3O2/c1-30(2)23(33)18-6-3-5-16(13-18)15-31-21(7-4-12-24(26,27)28)29-20(14-22(31)32)17-8-10-19(25)11-9-17/h6,8-11,13-14H,4,7,12,15H2,1-2H3. The van der Waals surface area contributed by atoms with Crippen molar-refractivity contribution in [2.24, 2.45) is 0 Å². The van der Waals surface area contributed by atoms with E-state index in [9.17, 15) is 22.8 Å². The Hall–Kier alpha value is -3.31. The highest BCUT2D eigenvalue weighted by Gasteiger charge is 2.26. The van der Waals surface area contributed by atoms with E-state index >= 15 is 0 Å². The summed E-state index contributed by atoms with van der Waals surface area (Å²) in [5.74, 6) is -0.0232. The molecule has 0 atom stereocenters. The van der Waals surface area contributed by atoms with Crippen molar-refractivity contribution < 1.29 is 18.0 Å². The summed E-state index contributed by atoms with van der Waals surface area (Å²) in [6.07, 6.45) is -5.55. The molecule has 0 fully saturated rings. The minimum Gasteiger partial charge on any atom is -0.345 e. The Bertz CT molecular complexity index is 1190. The van der Waals surface area contributed by atoms with Gasteiger partial charge in [-0.25, -0.2) is 4.98 Å². The van der Waals surface area contributed by atoms with Crippen molar-refractivity contribution in [3.63, 3.8) is 0 Å². The molecular weight excluding hydrogens is 455 g/mol. The molecular formula is C24H21ClF3N3O2. The third-order valence-corrected chi connectivity index (χ3v) is 5.11. The number of benzene rings is 1. The highest BCUT2D eigenvalue weighted by atomic mass is 35.5. The molecule has 3 rings (SSSR count). The molecule has 5 nitrogen and oxygen atoms in total. The Morgan fingerprint density at radius 1 is 1.18 bits per heavy atom. The summed E-state index contributed by atoms with van der Waals surface area (Å²) in [5.41, 5.74) is 1.41. The van der Waals surface area contributed by atoms with Gasteiger partial charge in [-0.05, 0) is 24.6 Å². The number of hydrogen-bond donors (Lipinski definition) is 0. The Balaban J connectivity index is 1.98. The number of halogens is 4. The number of alkyl halides is 3. The second-order valence-corrected chi connectivity index (χ2v) is 8.13. The Kier molecular flexibility index (Phi) is 7.44. The first-order valence-electron chi connectivity index (χ1n) is 10.1. The lowest BCUT2D eigenvalue weighted by atomic mass is 10.1. The molecule has 1 amide bonds. The normalized spacial score (nSPS) is 11.2. The van der Waals surface area contributed by atoms with Crippen LogP contribution >= 0.6 is 11.6 Å². The zero-order chi connectivity index (χ0) is 24.2. The molecule has 1 aromatic heterocycles. The number of aromatic nitrogens is 2. The zero-order valence-electron chi connectivity index (χ0n) is 18.0. The van der Waals surface area contributed by atoms with Crippen LogP contribution in [0.1, 0.15) is 34.6 Å². The lowest BCUT2D eigenvalue weighted by molar-refractivity contribution is -0.135. The van der Waals surface area contributed by atoms with Crippen LogP contribution in [-0.2, 0) is 13.0 Å². The van der Waals surface area contributed by atoms with E-state index in [0.717, 1.165) is 0 Å². The Morgan fingerprint density at radius 2 is 1.88 bits per heavy atom. The van der Waals surface area contributed by atoms with Crippen LogP contribution in [-0.4, -0.2) is 40.6 Å². The van der Waals surface area contributed by atoms with E-state index in [1.807, 2.05) is 0 Å². The molecule has 0 saturated heterocycles. The third kappa shape index (κ3) is 6.59. The molecule has 0 saturated carbocycles. The molecule has 0 spiro atoms. The maximum atomic E-state index is 13.0. The van der Waals surface area contributed by atoms with Crippen LogP contribution < -0.4 is 5.56 Å². The monoisotopic (exact) mass is 475 g/mol. The highest BCUT2D eigenvalue weighted by molar-refractivity contribution is 6.30. The van der Waals surface area contributed by atoms with Gasteiger partial charge in [0.1, 0.15) is 5.82 Å². The van der Waals surface area contributed by atoms with Crippen molar-refractivity contribution >= 4 is 17.5 Å². The van der Waals surface area contributed by atoms with Crippen LogP contribution in [0.2, 0.25) is 5.02 Å². The number of carbonyl (C=O) groups is 1. The van der Waals surface area contributed by atoms with E-state index in [1.165, 1.54) is 21.6 Å². The molecule has 0 aliphatic rings. The molecule has 172 valence electrons. The van der Waals surface area contributed by atoms with Gasteiger partial charge in [0.05, 0.1) is 12.2 Å². The van der Waals surface area contributed by atoms with E-state index in [2.05, 4.69) is 17.1 Å². The molecule has 33 heavy (non-hydrogen) atoms. The van der Waals surface area contributed by atoms with Crippen LogP contribution in [0.4, 0.5) is 13.2 Å². The van der Waals surface area contributed by atoms with Crippen molar-refractivity contribution in [1.29, 1.82) is 0 Å². The van der Waals surface area contributed by atoms with Crippen molar-refractivity contribution in [2.45, 2.75) is 32.0 Å². The summed E-state index contributed by atoms with van der Waals surface area (Å²) in [6, 6.07) is 16.7. The molecule has 0 unspecified atom stereocenters. The summed E-state index contributed by atoms with van der Waals surface area (Å²) in [4.78, 5) is 31.1. The van der Waals surface area contributed by atoms with Gasteiger partial charge in [-0.3, -0.25) is 14.2 Å². The SMILES string of the molecule is CN(C)C(=O)c1cc#cc(Cn2c(CCCC(F)(F)F)nc(-c3ccc(Cl)cc3)cc2=O)c1. The quantitative estimate of drug-likeness (QED) is 0.493. The first kappa shape index (κ1) is 24.3. The molecule has 0 aliphatic carbocycles. The van der Waals surface area contributed by atoms with E-state index in [-0.39, 0.29) is 31.1 Å². The lowest BCUT2D eigenvalue weighted by Gasteiger charge is -2.15. The summed E-state index contributed by atoms with van der Waals surface area (Å²) < 4.78 is 39.4. The van der Waals surface area contributed by atoms with Crippen molar-refractivity contribution in [2.75, 3.05) is 14.1 Å². The van der Waals surface area contributed by atoms with Crippen molar-refractivity contribution in [1.82, 2.24) is 14.5 Å². The summed E-state index contributed by atoms with van der Waals surface area (Å²) in [5, 5.41) is 0.511. The van der Waals surface area contributed by atoms with Gasteiger partial charge in [0.2, 0.25) is 0 Å². The van der Waals surface area contributed by atoms with Crippen molar-refractivity contribution in [3.8, 4) is 11.3 Å². The van der Waals surface area contributed by atoms with Gasteiger partial charge < -0.3 is 4.90 Å². The number of amides is 1. The van der Waals surface area contributed by atoms with Gasteiger partial charge in [-0.1, -0.05) is 35.9 Å². The number of hydrogen-bond acceptors (Lipinski definition) is 3. The van der Waals surface area contributed by atoms with Gasteiger partial charge in [-0.15, -0.1) is 0 Å². The summed E-state index contributed by atoms with van der Waals surface area (Å²) in [7, 11) is 3.22. The molecule has 0 radical (unpaired) electrons. The largest absolute Gasteiger partial charge is 0.389 e. The maximum absolute atomic E-state index is 13.0. The van der Waals surface area contributed by atoms with E-state index in [4.69, 9.17) is 11.6 Å². The fourth-order valence-corrected chi connectivity index (χ4v) is 3.36. The molecule has 3 aromatic rings. The third-order valence-electron chi connectivity index (χ3n) is 4.86. The average molecular weight is 476 g/mol. The smallest absolute Gasteiger partial charge is 0.345 e. The van der Waals surface area contributed by atoms with E-state index < -0.39 is 18.2 Å². The summed E-state index contributed by atoms with van der Waals surface area (Å²) in [6.45, 7) is -0.000862. The topological polar surface area (TPSA) is 55.2 Å². The average Bonchev–Trinajstić information content (AvgIpc) is 2.75. The minimum atomic E-state index is -4.30. The fraction of sp³-hybridized carbons (Fsp3) is 0.292. The zero-order valence-corrected chi connectivity index (χ0v) is 18.8. The van der Waals surface area contributed by atoms with Gasteiger partial charge in [0.15, 0.2) is 0 Å². The van der Waals surface area contributed by atoms with Gasteiger partial charge >= 0.3 is 6.18 Å². The molecule has 9 heteroatoms. The van der Waals surface area contributed by atoms with Gasteiger partial charge in [-0.2, -0.15) is 13.2 Å². The molecule has 0 N–H and O–H groups in total. The summed E-state index contributed by atoms with van der Waals surface area (Å²) >= 11 is 5.92. The van der Waals surface area contributed by atoms with E-state index in [1.54, 1.807) is 44.4 Å². The molecule has 1 heterocycles. The molecule has 2 aromatic carbocycles. The highest BCUT2D eigenvalue weighted by Crippen LogP contribution is 2.23. The van der Waals surface area contributed by atoms with Crippen LogP contribution in [0.3, 0.4) is 0 Å². The van der Waals surface area contributed by atoms with Crippen LogP contribution in [0.15, 0.2) is 47.3 Å². The van der Waals surface area contributed by atoms with Crippen molar-refractivity contribution in [3.05, 3.63) is 86.9 Å². The second-order valence-electron chi connectivity index (χ2n) is 7.70. The van der Waals surface area contributed by atoms with Crippen LogP contribution in [0.5, 0.6) is 0 Å². The molecule has 0 bridgehead atoms. The van der Waals surface area contributed by atoms with Gasteiger partial charge in [0.25, 0.3) is 11.5 Å². The Labute approximate surface area is 194 Å². The number of rotatable bonds is 7. The first-order valence-corrected chi connectivity index (χ1v) is 10.5. The first-order chi connectivity index (χ1) is 15.5.